The lowest BCUT2D eigenvalue weighted by atomic mass is 9.91. The van der Waals surface area contributed by atoms with E-state index in [1.807, 2.05) is 0 Å². The average molecular weight is 343 g/mol. The van der Waals surface area contributed by atoms with Crippen LogP contribution in [0.5, 0.6) is 0 Å². The van der Waals surface area contributed by atoms with Gasteiger partial charge in [-0.2, -0.15) is 0 Å². The predicted octanol–water partition coefficient (Wildman–Crippen LogP) is 2.38. The Hall–Kier alpha value is -1.10. The molecule has 4 nitrogen and oxygen atoms in total. The fourth-order valence-corrected chi connectivity index (χ4v) is 4.88. The maximum atomic E-state index is 3.75. The molecular weight excluding hydrogens is 308 g/mol. The monoisotopic (exact) mass is 342 g/mol. The molecule has 3 aliphatic heterocycles. The highest BCUT2D eigenvalue weighted by molar-refractivity contribution is 5.58. The largest absolute Gasteiger partial charge is 0.368 e. The second-order valence-corrected chi connectivity index (χ2v) is 8.01. The smallest absolute Gasteiger partial charge is 0.0403 e. The third-order valence-corrected chi connectivity index (χ3v) is 6.30. The van der Waals surface area contributed by atoms with Crippen molar-refractivity contribution in [3.63, 3.8) is 0 Å². The van der Waals surface area contributed by atoms with Crippen LogP contribution in [0.15, 0.2) is 18.2 Å². The molecule has 2 N–H and O–H groups in total. The molecule has 3 aliphatic rings. The lowest BCUT2D eigenvalue weighted by molar-refractivity contribution is 0.230. The van der Waals surface area contributed by atoms with Crippen molar-refractivity contribution in [2.45, 2.75) is 57.7 Å². The lowest BCUT2D eigenvalue weighted by Crippen LogP contribution is -2.50. The molecule has 25 heavy (non-hydrogen) atoms. The zero-order chi connectivity index (χ0) is 17.1. The van der Waals surface area contributed by atoms with Crippen LogP contribution in [0.25, 0.3) is 0 Å². The molecule has 0 radical (unpaired) electrons. The number of rotatable bonds is 6. The van der Waals surface area contributed by atoms with Crippen molar-refractivity contribution in [3.8, 4) is 0 Å². The third-order valence-electron chi connectivity index (χ3n) is 6.30. The first-order chi connectivity index (χ1) is 12.3. The Kier molecular flexibility index (Phi) is 5.59. The van der Waals surface area contributed by atoms with Gasteiger partial charge in [-0.15, -0.1) is 0 Å². The van der Waals surface area contributed by atoms with Gasteiger partial charge in [-0.05, 0) is 68.9 Å². The molecule has 0 spiro atoms. The van der Waals surface area contributed by atoms with Gasteiger partial charge in [0.05, 0.1) is 0 Å². The number of benzene rings is 1. The van der Waals surface area contributed by atoms with Gasteiger partial charge in [-0.3, -0.25) is 4.90 Å². The van der Waals surface area contributed by atoms with Gasteiger partial charge < -0.3 is 15.5 Å². The zero-order valence-electron chi connectivity index (χ0n) is 15.8. The minimum Gasteiger partial charge on any atom is -0.368 e. The molecule has 2 atom stereocenters. The first-order valence-corrected chi connectivity index (χ1v) is 10.4. The number of nitrogens with one attached hydrogen (secondary N) is 2. The van der Waals surface area contributed by atoms with Crippen molar-refractivity contribution in [3.05, 3.63) is 29.3 Å². The molecule has 0 bridgehead atoms. The lowest BCUT2D eigenvalue weighted by Gasteiger charge is -2.41. The van der Waals surface area contributed by atoms with Crippen LogP contribution in [0.3, 0.4) is 0 Å². The summed E-state index contributed by atoms with van der Waals surface area (Å²) in [4.78, 5) is 5.39. The summed E-state index contributed by atoms with van der Waals surface area (Å²) in [5.74, 6) is 0. The molecule has 0 amide bonds. The van der Waals surface area contributed by atoms with E-state index in [1.165, 1.54) is 69.5 Å². The van der Waals surface area contributed by atoms with Crippen LogP contribution in [0.2, 0.25) is 0 Å². The highest BCUT2D eigenvalue weighted by Gasteiger charge is 2.32. The molecule has 2 saturated heterocycles. The van der Waals surface area contributed by atoms with Crippen LogP contribution in [-0.2, 0) is 13.0 Å². The van der Waals surface area contributed by atoms with E-state index in [0.717, 1.165) is 25.7 Å². The Labute approximate surface area is 153 Å². The summed E-state index contributed by atoms with van der Waals surface area (Å²) in [5.41, 5.74) is 4.66. The van der Waals surface area contributed by atoms with Crippen LogP contribution in [0.1, 0.15) is 43.7 Å². The van der Waals surface area contributed by atoms with Gasteiger partial charge in [0.25, 0.3) is 0 Å². The van der Waals surface area contributed by atoms with Crippen molar-refractivity contribution in [2.24, 2.45) is 0 Å². The zero-order valence-corrected chi connectivity index (χ0v) is 15.8. The first kappa shape index (κ1) is 17.3. The maximum absolute atomic E-state index is 3.75. The molecule has 138 valence electrons. The Morgan fingerprint density at radius 3 is 3.08 bits per heavy atom. The highest BCUT2D eigenvalue weighted by Crippen LogP contribution is 2.32. The molecule has 0 aliphatic carbocycles. The minimum atomic E-state index is 0.616. The topological polar surface area (TPSA) is 30.5 Å². The standard InChI is InChI=1S/C21H34N4/c1-2-9-22-10-8-18-14-20-17(15-23-18)5-3-7-21(20)25-13-12-24-11-4-6-19(24)16-25/h3,5,7,18-19,22-23H,2,4,6,8-16H2,1H3. The van der Waals surface area contributed by atoms with Crippen LogP contribution < -0.4 is 15.5 Å². The van der Waals surface area contributed by atoms with Crippen molar-refractivity contribution in [1.29, 1.82) is 0 Å². The van der Waals surface area contributed by atoms with Crippen molar-refractivity contribution in [1.82, 2.24) is 15.5 Å². The van der Waals surface area contributed by atoms with E-state index in [0.29, 0.717) is 6.04 Å². The van der Waals surface area contributed by atoms with Crippen molar-refractivity contribution in [2.75, 3.05) is 44.2 Å². The van der Waals surface area contributed by atoms with E-state index in [9.17, 15) is 0 Å². The van der Waals surface area contributed by atoms with Gasteiger partial charge >= 0.3 is 0 Å². The number of hydrogen-bond acceptors (Lipinski definition) is 4. The summed E-state index contributed by atoms with van der Waals surface area (Å²) < 4.78 is 0. The molecule has 2 fully saturated rings. The Balaban J connectivity index is 1.44. The van der Waals surface area contributed by atoms with E-state index in [2.05, 4.69) is 45.6 Å². The van der Waals surface area contributed by atoms with E-state index in [4.69, 9.17) is 0 Å². The number of nitrogens with zero attached hydrogens (tertiary/aromatic N) is 2. The highest BCUT2D eigenvalue weighted by atomic mass is 15.3. The summed E-state index contributed by atoms with van der Waals surface area (Å²) in [6.45, 7) is 10.5. The van der Waals surface area contributed by atoms with Crippen LogP contribution >= 0.6 is 0 Å². The third kappa shape index (κ3) is 3.86. The van der Waals surface area contributed by atoms with E-state index < -0.39 is 0 Å². The number of fused-ring (bicyclic) bond motifs is 2. The quantitative estimate of drug-likeness (QED) is 0.777. The fourth-order valence-electron chi connectivity index (χ4n) is 4.88. The van der Waals surface area contributed by atoms with Crippen molar-refractivity contribution >= 4 is 5.69 Å². The van der Waals surface area contributed by atoms with E-state index in [1.54, 1.807) is 5.56 Å². The summed E-state index contributed by atoms with van der Waals surface area (Å²) in [6.07, 6.45) is 6.41. The van der Waals surface area contributed by atoms with Crippen molar-refractivity contribution < 1.29 is 0 Å². The van der Waals surface area contributed by atoms with Gasteiger partial charge in [0.15, 0.2) is 0 Å². The molecule has 4 rings (SSSR count). The minimum absolute atomic E-state index is 0.616. The Morgan fingerprint density at radius 2 is 2.16 bits per heavy atom. The molecule has 3 heterocycles. The molecule has 0 saturated carbocycles. The summed E-state index contributed by atoms with van der Waals surface area (Å²) in [7, 11) is 0. The van der Waals surface area contributed by atoms with Gasteiger partial charge in [0, 0.05) is 44.0 Å². The van der Waals surface area contributed by atoms with Gasteiger partial charge in [-0.25, -0.2) is 0 Å². The Morgan fingerprint density at radius 1 is 1.20 bits per heavy atom. The SMILES string of the molecule is CCCNCCC1Cc2c(cccc2N2CCN3CCCC3C2)CN1. The number of hydrogen-bond donors (Lipinski definition) is 2. The van der Waals surface area contributed by atoms with Crippen LogP contribution in [-0.4, -0.2) is 56.3 Å². The summed E-state index contributed by atoms with van der Waals surface area (Å²) in [5, 5.41) is 7.31. The van der Waals surface area contributed by atoms with E-state index >= 15 is 0 Å². The second-order valence-electron chi connectivity index (χ2n) is 8.01. The van der Waals surface area contributed by atoms with Gasteiger partial charge in [0.2, 0.25) is 0 Å². The normalized spacial score (nSPS) is 26.5. The number of anilines is 1. The summed E-state index contributed by atoms with van der Waals surface area (Å²) in [6, 6.07) is 8.37. The average Bonchev–Trinajstić information content (AvgIpc) is 3.12. The molecule has 4 heteroatoms. The van der Waals surface area contributed by atoms with E-state index in [-0.39, 0.29) is 0 Å². The van der Waals surface area contributed by atoms with Gasteiger partial charge in [-0.1, -0.05) is 19.1 Å². The molecule has 0 aromatic heterocycles. The summed E-state index contributed by atoms with van der Waals surface area (Å²) >= 11 is 0. The Bertz CT molecular complexity index is 573. The number of piperazine rings is 1. The maximum Gasteiger partial charge on any atom is 0.0403 e. The fraction of sp³-hybridized carbons (Fsp3) is 0.714. The molecule has 1 aromatic carbocycles. The first-order valence-electron chi connectivity index (χ1n) is 10.4. The van der Waals surface area contributed by atoms with Crippen LogP contribution in [0, 0.1) is 0 Å². The van der Waals surface area contributed by atoms with Crippen LogP contribution in [0.4, 0.5) is 5.69 Å². The predicted molar refractivity (Wildman–Crippen MR) is 105 cm³/mol. The molecule has 1 aromatic rings. The second kappa shape index (κ2) is 8.07. The van der Waals surface area contributed by atoms with Gasteiger partial charge in [0.1, 0.15) is 0 Å². The molecular formula is C21H34N4. The molecule has 2 unspecified atom stereocenters.